The van der Waals surface area contributed by atoms with Gasteiger partial charge in [-0.05, 0) is 43.4 Å². The Bertz CT molecular complexity index is 388. The number of thiophene rings is 1. The van der Waals surface area contributed by atoms with Gasteiger partial charge in [-0.3, -0.25) is 0 Å². The summed E-state index contributed by atoms with van der Waals surface area (Å²) in [6, 6.07) is 4.46. The third-order valence-corrected chi connectivity index (χ3v) is 5.10. The summed E-state index contributed by atoms with van der Waals surface area (Å²) in [5.41, 5.74) is 0. The second-order valence-electron chi connectivity index (χ2n) is 6.50. The van der Waals surface area contributed by atoms with Crippen LogP contribution < -0.4 is 5.32 Å². The molecule has 1 saturated carbocycles. The molecule has 0 aliphatic heterocycles. The van der Waals surface area contributed by atoms with Gasteiger partial charge in [-0.2, -0.15) is 0 Å². The van der Waals surface area contributed by atoms with E-state index in [1.807, 2.05) is 11.3 Å². The van der Waals surface area contributed by atoms with Crippen molar-refractivity contribution in [3.05, 3.63) is 21.9 Å². The number of nitrogens with one attached hydrogen (secondary N) is 1. The Kier molecular flexibility index (Phi) is 6.53. The Morgan fingerprint density at radius 1 is 1.25 bits per heavy atom. The van der Waals surface area contributed by atoms with E-state index in [-0.39, 0.29) is 0 Å². The first-order valence-corrected chi connectivity index (χ1v) is 8.86. The van der Waals surface area contributed by atoms with Crippen molar-refractivity contribution < 1.29 is 4.74 Å². The molecule has 2 unspecified atom stereocenters. The minimum atomic E-state index is 0.480. The molecular weight excluding hydrogens is 266 g/mol. The van der Waals surface area contributed by atoms with E-state index in [0.717, 1.165) is 25.6 Å². The molecule has 1 fully saturated rings. The average Bonchev–Trinajstić information content (AvgIpc) is 2.85. The standard InChI is InChI=1S/C17H29NOS/c1-13(2)10-18-11-15-8-9-16(20-15)12-19-17-7-5-4-6-14(17)3/h8-9,13-14,17-18H,4-7,10-12H2,1-3H3. The van der Waals surface area contributed by atoms with E-state index in [4.69, 9.17) is 4.74 Å². The Morgan fingerprint density at radius 2 is 2.00 bits per heavy atom. The smallest absolute Gasteiger partial charge is 0.0813 e. The predicted molar refractivity (Wildman–Crippen MR) is 87.1 cm³/mol. The Morgan fingerprint density at radius 3 is 2.75 bits per heavy atom. The zero-order valence-corrected chi connectivity index (χ0v) is 14.0. The van der Waals surface area contributed by atoms with Gasteiger partial charge >= 0.3 is 0 Å². The fraction of sp³-hybridized carbons (Fsp3) is 0.765. The first-order chi connectivity index (χ1) is 9.65. The summed E-state index contributed by atoms with van der Waals surface area (Å²) in [5.74, 6) is 1.45. The second kappa shape index (κ2) is 8.16. The largest absolute Gasteiger partial charge is 0.372 e. The molecule has 3 heteroatoms. The van der Waals surface area contributed by atoms with Gasteiger partial charge in [-0.1, -0.05) is 33.6 Å². The highest BCUT2D eigenvalue weighted by molar-refractivity contribution is 7.11. The zero-order valence-electron chi connectivity index (χ0n) is 13.2. The van der Waals surface area contributed by atoms with Crippen LogP contribution in [0.5, 0.6) is 0 Å². The molecule has 0 saturated heterocycles. The van der Waals surface area contributed by atoms with Crippen LogP contribution in [0.15, 0.2) is 12.1 Å². The highest BCUT2D eigenvalue weighted by atomic mass is 32.1. The van der Waals surface area contributed by atoms with Crippen LogP contribution in [0.1, 0.15) is 56.2 Å². The van der Waals surface area contributed by atoms with Gasteiger partial charge in [0.15, 0.2) is 0 Å². The fourth-order valence-corrected chi connectivity index (χ4v) is 3.71. The SMILES string of the molecule is CC(C)CNCc1ccc(COC2CCCCC2C)s1. The molecule has 2 rings (SSSR count). The van der Waals surface area contributed by atoms with Gasteiger partial charge in [0.05, 0.1) is 12.7 Å². The molecule has 0 amide bonds. The summed E-state index contributed by atoms with van der Waals surface area (Å²) in [6.45, 7) is 9.69. The lowest BCUT2D eigenvalue weighted by Gasteiger charge is -2.28. The Balaban J connectivity index is 1.72. The van der Waals surface area contributed by atoms with Gasteiger partial charge in [-0.25, -0.2) is 0 Å². The molecule has 2 atom stereocenters. The van der Waals surface area contributed by atoms with E-state index >= 15 is 0 Å². The fourth-order valence-electron chi connectivity index (χ4n) is 2.80. The molecule has 2 nitrogen and oxygen atoms in total. The number of hydrogen-bond donors (Lipinski definition) is 1. The maximum Gasteiger partial charge on any atom is 0.0813 e. The highest BCUT2D eigenvalue weighted by Gasteiger charge is 2.21. The average molecular weight is 295 g/mol. The maximum absolute atomic E-state index is 6.13. The third kappa shape index (κ3) is 5.19. The van der Waals surface area contributed by atoms with Crippen LogP contribution in [-0.2, 0) is 17.9 Å². The van der Waals surface area contributed by atoms with Crippen LogP contribution >= 0.6 is 11.3 Å². The van der Waals surface area contributed by atoms with E-state index in [9.17, 15) is 0 Å². The molecule has 1 heterocycles. The monoisotopic (exact) mass is 295 g/mol. The first kappa shape index (κ1) is 16.0. The minimum Gasteiger partial charge on any atom is -0.372 e. The van der Waals surface area contributed by atoms with E-state index in [1.165, 1.54) is 35.4 Å². The molecule has 20 heavy (non-hydrogen) atoms. The summed E-state index contributed by atoms with van der Waals surface area (Å²) in [6.07, 6.45) is 5.78. The Hall–Kier alpha value is -0.380. The number of rotatable bonds is 7. The normalized spacial score (nSPS) is 23.4. The number of ether oxygens (including phenoxy) is 1. The van der Waals surface area contributed by atoms with Gasteiger partial charge in [0, 0.05) is 16.3 Å². The predicted octanol–water partition coefficient (Wildman–Crippen LogP) is 4.59. The quantitative estimate of drug-likeness (QED) is 0.794. The van der Waals surface area contributed by atoms with Crippen molar-refractivity contribution in [3.8, 4) is 0 Å². The van der Waals surface area contributed by atoms with Crippen LogP contribution in [0.4, 0.5) is 0 Å². The van der Waals surface area contributed by atoms with Crippen LogP contribution in [0.2, 0.25) is 0 Å². The molecule has 114 valence electrons. The van der Waals surface area contributed by atoms with Gasteiger partial charge in [0.2, 0.25) is 0 Å². The molecular formula is C17H29NOS. The van der Waals surface area contributed by atoms with E-state index in [2.05, 4.69) is 38.2 Å². The van der Waals surface area contributed by atoms with E-state index in [1.54, 1.807) is 0 Å². The molecule has 1 aromatic rings. The Labute approximate surface area is 127 Å². The van der Waals surface area contributed by atoms with Crippen LogP contribution in [0.25, 0.3) is 0 Å². The van der Waals surface area contributed by atoms with Gasteiger partial charge < -0.3 is 10.1 Å². The van der Waals surface area contributed by atoms with Crippen molar-refractivity contribution in [3.63, 3.8) is 0 Å². The van der Waals surface area contributed by atoms with Crippen LogP contribution in [0, 0.1) is 11.8 Å². The van der Waals surface area contributed by atoms with Gasteiger partial charge in [-0.15, -0.1) is 11.3 Å². The van der Waals surface area contributed by atoms with Crippen molar-refractivity contribution >= 4 is 11.3 Å². The summed E-state index contributed by atoms with van der Waals surface area (Å²) >= 11 is 1.89. The molecule has 0 radical (unpaired) electrons. The second-order valence-corrected chi connectivity index (χ2v) is 7.76. The van der Waals surface area contributed by atoms with Gasteiger partial charge in [0.1, 0.15) is 0 Å². The minimum absolute atomic E-state index is 0.480. The van der Waals surface area contributed by atoms with Crippen LogP contribution in [0.3, 0.4) is 0 Å². The van der Waals surface area contributed by atoms with Crippen molar-refractivity contribution in [2.45, 2.75) is 65.7 Å². The van der Waals surface area contributed by atoms with E-state index in [0.29, 0.717) is 12.0 Å². The van der Waals surface area contributed by atoms with Crippen molar-refractivity contribution in [2.24, 2.45) is 11.8 Å². The summed E-state index contributed by atoms with van der Waals surface area (Å²) < 4.78 is 6.13. The summed E-state index contributed by atoms with van der Waals surface area (Å²) in [4.78, 5) is 2.78. The lowest BCUT2D eigenvalue weighted by Crippen LogP contribution is -2.25. The molecule has 1 N–H and O–H groups in total. The molecule has 0 aromatic carbocycles. The molecule has 1 aromatic heterocycles. The van der Waals surface area contributed by atoms with Crippen molar-refractivity contribution in [2.75, 3.05) is 6.54 Å². The zero-order chi connectivity index (χ0) is 14.4. The first-order valence-electron chi connectivity index (χ1n) is 8.05. The molecule has 0 spiro atoms. The van der Waals surface area contributed by atoms with Crippen molar-refractivity contribution in [1.29, 1.82) is 0 Å². The molecule has 1 aliphatic carbocycles. The molecule has 1 aliphatic rings. The lowest BCUT2D eigenvalue weighted by molar-refractivity contribution is -0.0143. The molecule has 0 bridgehead atoms. The summed E-state index contributed by atoms with van der Waals surface area (Å²) in [7, 11) is 0. The maximum atomic E-state index is 6.13. The third-order valence-electron chi connectivity index (χ3n) is 4.04. The van der Waals surface area contributed by atoms with E-state index < -0.39 is 0 Å². The number of hydrogen-bond acceptors (Lipinski definition) is 3. The topological polar surface area (TPSA) is 21.3 Å². The summed E-state index contributed by atoms with van der Waals surface area (Å²) in [5, 5.41) is 3.50. The van der Waals surface area contributed by atoms with Crippen LogP contribution in [-0.4, -0.2) is 12.6 Å². The lowest BCUT2D eigenvalue weighted by atomic mass is 9.88. The highest BCUT2D eigenvalue weighted by Crippen LogP contribution is 2.28. The van der Waals surface area contributed by atoms with Crippen molar-refractivity contribution in [1.82, 2.24) is 5.32 Å². The van der Waals surface area contributed by atoms with Gasteiger partial charge in [0.25, 0.3) is 0 Å².